The molecular weight excluding hydrogens is 298 g/mol. The van der Waals surface area contributed by atoms with Crippen molar-refractivity contribution in [1.29, 1.82) is 0 Å². The van der Waals surface area contributed by atoms with Crippen LogP contribution in [0, 0.1) is 0 Å². The van der Waals surface area contributed by atoms with E-state index in [4.69, 9.17) is 9.47 Å². The smallest absolute Gasteiger partial charge is 0.162 e. The molecule has 1 unspecified atom stereocenters. The van der Waals surface area contributed by atoms with Gasteiger partial charge in [-0.05, 0) is 55.2 Å². The van der Waals surface area contributed by atoms with E-state index in [1.165, 1.54) is 11.3 Å². The summed E-state index contributed by atoms with van der Waals surface area (Å²) in [4.78, 5) is 13.1. The molecule has 2 heterocycles. The zero-order valence-electron chi connectivity index (χ0n) is 12.5. The van der Waals surface area contributed by atoms with Gasteiger partial charge in [0.15, 0.2) is 6.29 Å². The number of thiophene rings is 1. The van der Waals surface area contributed by atoms with Crippen LogP contribution in [0.3, 0.4) is 0 Å². The number of hydrogen-bond donors (Lipinski definition) is 1. The third kappa shape index (κ3) is 3.31. The van der Waals surface area contributed by atoms with Crippen molar-refractivity contribution in [2.24, 2.45) is 0 Å². The number of aldehydes is 1. The molecule has 116 valence electrons. The van der Waals surface area contributed by atoms with Gasteiger partial charge in [0.25, 0.3) is 0 Å². The molecule has 1 saturated heterocycles. The van der Waals surface area contributed by atoms with Crippen molar-refractivity contribution in [3.05, 3.63) is 35.2 Å². The number of methoxy groups -OCH3 is 1. The van der Waals surface area contributed by atoms with E-state index in [1.807, 2.05) is 30.3 Å². The average Bonchev–Trinajstić information content (AvgIpc) is 2.99. The van der Waals surface area contributed by atoms with E-state index in [0.717, 1.165) is 54.0 Å². The molecule has 22 heavy (non-hydrogen) atoms. The predicted molar refractivity (Wildman–Crippen MR) is 88.9 cm³/mol. The molecule has 0 aliphatic carbocycles. The van der Waals surface area contributed by atoms with Crippen molar-refractivity contribution in [2.45, 2.75) is 25.5 Å². The second-order valence-corrected chi connectivity index (χ2v) is 6.32. The first-order valence-electron chi connectivity index (χ1n) is 7.42. The van der Waals surface area contributed by atoms with Crippen LogP contribution >= 0.6 is 11.3 Å². The van der Waals surface area contributed by atoms with Gasteiger partial charge in [0.1, 0.15) is 12.0 Å². The topological polar surface area (TPSA) is 47.6 Å². The summed E-state index contributed by atoms with van der Waals surface area (Å²) in [5.41, 5.74) is 1.93. The maximum absolute atomic E-state index is 11.3. The van der Waals surface area contributed by atoms with Crippen LogP contribution in [-0.2, 0) is 4.74 Å². The molecule has 1 aliphatic heterocycles. The fourth-order valence-corrected chi connectivity index (χ4v) is 3.47. The number of carbonyl (C=O) groups excluding carboxylic acids is 1. The van der Waals surface area contributed by atoms with Gasteiger partial charge in [-0.1, -0.05) is 0 Å². The largest absolute Gasteiger partial charge is 0.497 e. The quantitative estimate of drug-likeness (QED) is 0.841. The normalized spacial score (nSPS) is 18.0. The highest BCUT2D eigenvalue weighted by atomic mass is 32.1. The summed E-state index contributed by atoms with van der Waals surface area (Å²) in [5.74, 6) is 0.824. The summed E-state index contributed by atoms with van der Waals surface area (Å²) in [6.45, 7) is 0.781. The molecule has 1 fully saturated rings. The fraction of sp³-hybridized carbons (Fsp3) is 0.353. The van der Waals surface area contributed by atoms with Gasteiger partial charge in [-0.2, -0.15) is 0 Å². The lowest BCUT2D eigenvalue weighted by Crippen LogP contribution is -2.27. The third-order valence-electron chi connectivity index (χ3n) is 3.74. The summed E-state index contributed by atoms with van der Waals surface area (Å²) >= 11 is 1.49. The van der Waals surface area contributed by atoms with E-state index in [1.54, 1.807) is 7.11 Å². The minimum Gasteiger partial charge on any atom is -0.497 e. The highest BCUT2D eigenvalue weighted by molar-refractivity contribution is 7.17. The molecule has 1 atom stereocenters. The number of benzene rings is 1. The Morgan fingerprint density at radius 2 is 2.14 bits per heavy atom. The Morgan fingerprint density at radius 3 is 2.77 bits per heavy atom. The van der Waals surface area contributed by atoms with Gasteiger partial charge in [-0.3, -0.25) is 4.79 Å². The first kappa shape index (κ1) is 15.1. The molecule has 0 saturated carbocycles. The molecule has 2 aromatic rings. The van der Waals surface area contributed by atoms with Gasteiger partial charge in [0.05, 0.1) is 17.7 Å². The number of ether oxygens (including phenoxy) is 2. The predicted octanol–water partition coefficient (Wildman–Crippen LogP) is 4.17. The number of rotatable bonds is 5. The van der Waals surface area contributed by atoms with Crippen molar-refractivity contribution in [3.8, 4) is 16.2 Å². The highest BCUT2D eigenvalue weighted by Gasteiger charge is 2.17. The average molecular weight is 317 g/mol. The van der Waals surface area contributed by atoms with Crippen LogP contribution in [-0.4, -0.2) is 26.2 Å². The van der Waals surface area contributed by atoms with Crippen LogP contribution in [0.15, 0.2) is 30.3 Å². The van der Waals surface area contributed by atoms with Gasteiger partial charge >= 0.3 is 0 Å². The SMILES string of the molecule is COc1ccc(-c2cc(NC3CCCCO3)c(C=O)s2)cc1. The third-order valence-corrected chi connectivity index (χ3v) is 4.85. The number of hydrogen-bond acceptors (Lipinski definition) is 5. The van der Waals surface area contributed by atoms with E-state index in [0.29, 0.717) is 4.88 Å². The molecule has 1 N–H and O–H groups in total. The van der Waals surface area contributed by atoms with Crippen LogP contribution < -0.4 is 10.1 Å². The zero-order valence-corrected chi connectivity index (χ0v) is 13.3. The Morgan fingerprint density at radius 1 is 1.32 bits per heavy atom. The Kier molecular flexibility index (Phi) is 4.75. The van der Waals surface area contributed by atoms with Crippen LogP contribution in [0.1, 0.15) is 28.9 Å². The van der Waals surface area contributed by atoms with Gasteiger partial charge in [0, 0.05) is 11.5 Å². The van der Waals surface area contributed by atoms with Crippen molar-refractivity contribution < 1.29 is 14.3 Å². The Hall–Kier alpha value is -1.85. The summed E-state index contributed by atoms with van der Waals surface area (Å²) in [7, 11) is 1.65. The number of anilines is 1. The second-order valence-electron chi connectivity index (χ2n) is 5.23. The molecule has 0 spiro atoms. The lowest BCUT2D eigenvalue weighted by molar-refractivity contribution is 0.0343. The maximum Gasteiger partial charge on any atom is 0.162 e. The van der Waals surface area contributed by atoms with Gasteiger partial charge in [-0.15, -0.1) is 11.3 Å². The standard InChI is InChI=1S/C17H19NO3S/c1-20-13-7-5-12(6-8-13)15-10-14(16(11-19)22-15)18-17-4-2-3-9-21-17/h5-8,10-11,17-18H,2-4,9H2,1H3. The Bertz CT molecular complexity index is 630. The summed E-state index contributed by atoms with van der Waals surface area (Å²) in [6, 6.07) is 9.87. The Balaban J connectivity index is 1.81. The van der Waals surface area contributed by atoms with E-state index in [2.05, 4.69) is 5.32 Å². The summed E-state index contributed by atoms with van der Waals surface area (Å²) < 4.78 is 10.9. The minimum atomic E-state index is 0.00534. The number of carbonyl (C=O) groups is 1. The van der Waals surface area contributed by atoms with Gasteiger partial charge < -0.3 is 14.8 Å². The monoisotopic (exact) mass is 317 g/mol. The molecule has 1 aromatic carbocycles. The van der Waals surface area contributed by atoms with Crippen molar-refractivity contribution in [2.75, 3.05) is 19.0 Å². The van der Waals surface area contributed by atoms with Gasteiger partial charge in [0.2, 0.25) is 0 Å². The van der Waals surface area contributed by atoms with Crippen molar-refractivity contribution >= 4 is 23.3 Å². The molecule has 5 heteroatoms. The first-order valence-corrected chi connectivity index (χ1v) is 8.23. The maximum atomic E-state index is 11.3. The lowest BCUT2D eigenvalue weighted by atomic mass is 10.1. The second kappa shape index (κ2) is 6.94. The zero-order chi connectivity index (χ0) is 15.4. The minimum absolute atomic E-state index is 0.00534. The van der Waals surface area contributed by atoms with Crippen LogP contribution in [0.2, 0.25) is 0 Å². The number of nitrogens with one attached hydrogen (secondary N) is 1. The van der Waals surface area contributed by atoms with E-state index in [-0.39, 0.29) is 6.23 Å². The van der Waals surface area contributed by atoms with Crippen LogP contribution in [0.25, 0.3) is 10.4 Å². The molecule has 1 aliphatic rings. The highest BCUT2D eigenvalue weighted by Crippen LogP contribution is 2.35. The van der Waals surface area contributed by atoms with Crippen LogP contribution in [0.5, 0.6) is 5.75 Å². The molecule has 3 rings (SSSR count). The fourth-order valence-electron chi connectivity index (χ4n) is 2.53. The lowest BCUT2D eigenvalue weighted by Gasteiger charge is -2.24. The van der Waals surface area contributed by atoms with Gasteiger partial charge in [-0.25, -0.2) is 0 Å². The molecule has 0 amide bonds. The summed E-state index contributed by atoms with van der Waals surface area (Å²) in [6.07, 6.45) is 4.16. The van der Waals surface area contributed by atoms with E-state index >= 15 is 0 Å². The summed E-state index contributed by atoms with van der Waals surface area (Å²) in [5, 5.41) is 3.35. The molecule has 0 radical (unpaired) electrons. The molecule has 1 aromatic heterocycles. The van der Waals surface area contributed by atoms with Crippen molar-refractivity contribution in [1.82, 2.24) is 0 Å². The van der Waals surface area contributed by atoms with Crippen molar-refractivity contribution in [3.63, 3.8) is 0 Å². The van der Waals surface area contributed by atoms with E-state index < -0.39 is 0 Å². The Labute approximate surface area is 134 Å². The van der Waals surface area contributed by atoms with Crippen LogP contribution in [0.4, 0.5) is 5.69 Å². The van der Waals surface area contributed by atoms with E-state index in [9.17, 15) is 4.79 Å². The molecule has 0 bridgehead atoms. The first-order chi connectivity index (χ1) is 10.8. The molecular formula is C17H19NO3S. The molecule has 4 nitrogen and oxygen atoms in total.